The monoisotopic (exact) mass is 287 g/mol. The molecule has 1 unspecified atom stereocenters. The van der Waals surface area contributed by atoms with Gasteiger partial charge in [0.05, 0.1) is 6.54 Å². The van der Waals surface area contributed by atoms with Gasteiger partial charge in [-0.3, -0.25) is 4.79 Å². The van der Waals surface area contributed by atoms with E-state index in [2.05, 4.69) is 35.9 Å². The molecule has 0 bridgehead atoms. The molecule has 1 aromatic rings. The van der Waals surface area contributed by atoms with Crippen LogP contribution in [0.15, 0.2) is 24.3 Å². The van der Waals surface area contributed by atoms with E-state index in [-0.39, 0.29) is 11.9 Å². The SMILES string of the molecule is CC(C)C(CN(C)C)NC(=O)c1cccc(C#CCN)c1. The van der Waals surface area contributed by atoms with Gasteiger partial charge in [-0.15, -0.1) is 0 Å². The fourth-order valence-corrected chi connectivity index (χ4v) is 1.96. The quantitative estimate of drug-likeness (QED) is 0.803. The van der Waals surface area contributed by atoms with E-state index in [0.29, 0.717) is 18.0 Å². The predicted molar refractivity (Wildman–Crippen MR) is 87.0 cm³/mol. The number of nitrogens with one attached hydrogen (secondary N) is 1. The summed E-state index contributed by atoms with van der Waals surface area (Å²) in [5.41, 5.74) is 6.80. The zero-order valence-electron chi connectivity index (χ0n) is 13.3. The number of benzene rings is 1. The van der Waals surface area contributed by atoms with Crippen molar-refractivity contribution < 1.29 is 4.79 Å². The van der Waals surface area contributed by atoms with Gasteiger partial charge in [0, 0.05) is 23.7 Å². The molecule has 1 amide bonds. The van der Waals surface area contributed by atoms with E-state index < -0.39 is 0 Å². The Morgan fingerprint density at radius 2 is 2.10 bits per heavy atom. The lowest BCUT2D eigenvalue weighted by Crippen LogP contribution is -2.45. The average Bonchev–Trinajstić information content (AvgIpc) is 2.44. The van der Waals surface area contributed by atoms with E-state index in [9.17, 15) is 4.79 Å². The van der Waals surface area contributed by atoms with Crippen molar-refractivity contribution in [2.45, 2.75) is 19.9 Å². The Morgan fingerprint density at radius 3 is 2.67 bits per heavy atom. The number of carbonyl (C=O) groups is 1. The van der Waals surface area contributed by atoms with E-state index in [4.69, 9.17) is 5.73 Å². The fraction of sp³-hybridized carbons (Fsp3) is 0.471. The first-order valence-corrected chi connectivity index (χ1v) is 7.18. The van der Waals surface area contributed by atoms with Crippen molar-refractivity contribution >= 4 is 5.91 Å². The van der Waals surface area contributed by atoms with Crippen LogP contribution in [-0.4, -0.2) is 44.0 Å². The molecule has 1 aromatic carbocycles. The van der Waals surface area contributed by atoms with Crippen LogP contribution in [0.5, 0.6) is 0 Å². The molecule has 1 rings (SSSR count). The number of carbonyl (C=O) groups excluding carboxylic acids is 1. The molecular formula is C17H25N3O. The maximum absolute atomic E-state index is 12.4. The molecule has 4 nitrogen and oxygen atoms in total. The van der Waals surface area contributed by atoms with Crippen molar-refractivity contribution in [3.8, 4) is 11.8 Å². The topological polar surface area (TPSA) is 58.4 Å². The van der Waals surface area contributed by atoms with Crippen LogP contribution in [0.4, 0.5) is 0 Å². The first-order valence-electron chi connectivity index (χ1n) is 7.18. The van der Waals surface area contributed by atoms with E-state index >= 15 is 0 Å². The first-order chi connectivity index (χ1) is 9.93. The number of nitrogens with zero attached hydrogens (tertiary/aromatic N) is 1. The molecule has 0 aliphatic heterocycles. The molecule has 0 fully saturated rings. The molecule has 0 aliphatic carbocycles. The van der Waals surface area contributed by atoms with Gasteiger partial charge in [-0.05, 0) is 38.2 Å². The van der Waals surface area contributed by atoms with Gasteiger partial charge >= 0.3 is 0 Å². The summed E-state index contributed by atoms with van der Waals surface area (Å²) in [5, 5.41) is 3.09. The molecule has 0 aliphatic rings. The summed E-state index contributed by atoms with van der Waals surface area (Å²) < 4.78 is 0. The second-order valence-electron chi connectivity index (χ2n) is 5.67. The van der Waals surface area contributed by atoms with Crippen LogP contribution in [0.2, 0.25) is 0 Å². The molecule has 21 heavy (non-hydrogen) atoms. The molecular weight excluding hydrogens is 262 g/mol. The van der Waals surface area contributed by atoms with Crippen LogP contribution in [0.3, 0.4) is 0 Å². The Kier molecular flexibility index (Phi) is 6.93. The molecule has 1 atom stereocenters. The van der Waals surface area contributed by atoms with E-state index in [1.807, 2.05) is 26.2 Å². The van der Waals surface area contributed by atoms with Crippen molar-refractivity contribution in [2.24, 2.45) is 11.7 Å². The predicted octanol–water partition coefficient (Wildman–Crippen LogP) is 1.31. The van der Waals surface area contributed by atoms with Gasteiger partial charge in [-0.1, -0.05) is 31.8 Å². The Morgan fingerprint density at radius 1 is 1.38 bits per heavy atom. The normalized spacial score (nSPS) is 12.0. The maximum Gasteiger partial charge on any atom is 0.251 e. The number of rotatable bonds is 5. The molecule has 4 heteroatoms. The third-order valence-electron chi connectivity index (χ3n) is 3.14. The van der Waals surface area contributed by atoms with Gasteiger partial charge in [0.1, 0.15) is 0 Å². The van der Waals surface area contributed by atoms with Gasteiger partial charge in [-0.25, -0.2) is 0 Å². The summed E-state index contributed by atoms with van der Waals surface area (Å²) >= 11 is 0. The fourth-order valence-electron chi connectivity index (χ4n) is 1.96. The van der Waals surface area contributed by atoms with Crippen LogP contribution in [0.25, 0.3) is 0 Å². The Hall–Kier alpha value is -1.83. The van der Waals surface area contributed by atoms with Crippen LogP contribution in [0.1, 0.15) is 29.8 Å². The van der Waals surface area contributed by atoms with Gasteiger partial charge in [-0.2, -0.15) is 0 Å². The minimum atomic E-state index is -0.0630. The summed E-state index contributed by atoms with van der Waals surface area (Å²) in [5.74, 6) is 6.05. The second-order valence-corrected chi connectivity index (χ2v) is 5.67. The first kappa shape index (κ1) is 17.2. The molecule has 114 valence electrons. The maximum atomic E-state index is 12.4. The number of amides is 1. The van der Waals surface area contributed by atoms with E-state index in [0.717, 1.165) is 12.1 Å². The lowest BCUT2D eigenvalue weighted by molar-refractivity contribution is 0.0916. The van der Waals surface area contributed by atoms with Crippen molar-refractivity contribution in [3.63, 3.8) is 0 Å². The smallest absolute Gasteiger partial charge is 0.251 e. The number of likely N-dealkylation sites (N-methyl/N-ethyl adjacent to an activating group) is 1. The van der Waals surface area contributed by atoms with E-state index in [1.165, 1.54) is 0 Å². The highest BCUT2D eigenvalue weighted by Crippen LogP contribution is 2.08. The van der Waals surface area contributed by atoms with Crippen molar-refractivity contribution in [1.29, 1.82) is 0 Å². The number of hydrogen-bond acceptors (Lipinski definition) is 3. The Balaban J connectivity index is 2.82. The molecule has 0 heterocycles. The second kappa shape index (κ2) is 8.46. The lowest BCUT2D eigenvalue weighted by atomic mass is 10.0. The van der Waals surface area contributed by atoms with Crippen LogP contribution in [-0.2, 0) is 0 Å². The van der Waals surface area contributed by atoms with Gasteiger partial charge in [0.15, 0.2) is 0 Å². The summed E-state index contributed by atoms with van der Waals surface area (Å²) in [6, 6.07) is 7.43. The zero-order chi connectivity index (χ0) is 15.8. The average molecular weight is 287 g/mol. The van der Waals surface area contributed by atoms with Crippen molar-refractivity contribution in [3.05, 3.63) is 35.4 Å². The summed E-state index contributed by atoms with van der Waals surface area (Å²) in [6.45, 7) is 5.35. The number of nitrogens with two attached hydrogens (primary N) is 1. The van der Waals surface area contributed by atoms with Crippen LogP contribution >= 0.6 is 0 Å². The lowest BCUT2D eigenvalue weighted by Gasteiger charge is -2.25. The van der Waals surface area contributed by atoms with E-state index in [1.54, 1.807) is 12.1 Å². The highest BCUT2D eigenvalue weighted by Gasteiger charge is 2.17. The molecule has 3 N–H and O–H groups in total. The minimum absolute atomic E-state index is 0.0630. The van der Waals surface area contributed by atoms with Crippen LogP contribution in [0, 0.1) is 17.8 Å². The highest BCUT2D eigenvalue weighted by molar-refractivity contribution is 5.94. The van der Waals surface area contributed by atoms with Gasteiger partial charge in [0.25, 0.3) is 5.91 Å². The highest BCUT2D eigenvalue weighted by atomic mass is 16.1. The zero-order valence-corrected chi connectivity index (χ0v) is 13.3. The third kappa shape index (κ3) is 5.99. The summed E-state index contributed by atoms with van der Waals surface area (Å²) in [6.07, 6.45) is 0. The molecule has 0 radical (unpaired) electrons. The Bertz CT molecular complexity index is 526. The minimum Gasteiger partial charge on any atom is -0.348 e. The molecule has 0 saturated heterocycles. The standard InChI is InChI=1S/C17H25N3O/c1-13(2)16(12-20(3)4)19-17(21)15-9-5-7-14(11-15)8-6-10-18/h5,7,9,11,13,16H,10,12,18H2,1-4H3,(H,19,21). The van der Waals surface area contributed by atoms with Gasteiger partial charge < -0.3 is 16.0 Å². The molecule has 0 spiro atoms. The van der Waals surface area contributed by atoms with Crippen LogP contribution < -0.4 is 11.1 Å². The Labute approximate surface area is 127 Å². The van der Waals surface area contributed by atoms with Crippen molar-refractivity contribution in [1.82, 2.24) is 10.2 Å². The number of hydrogen-bond donors (Lipinski definition) is 2. The van der Waals surface area contributed by atoms with Gasteiger partial charge in [0.2, 0.25) is 0 Å². The molecule has 0 aromatic heterocycles. The van der Waals surface area contributed by atoms with Crippen molar-refractivity contribution in [2.75, 3.05) is 27.2 Å². The summed E-state index contributed by atoms with van der Waals surface area (Å²) in [7, 11) is 4.01. The summed E-state index contributed by atoms with van der Waals surface area (Å²) in [4.78, 5) is 14.4. The third-order valence-corrected chi connectivity index (χ3v) is 3.14. The largest absolute Gasteiger partial charge is 0.348 e. The molecule has 0 saturated carbocycles.